The molecule has 0 fully saturated rings. The van der Waals surface area contributed by atoms with Gasteiger partial charge in [-0.2, -0.15) is 0 Å². The van der Waals surface area contributed by atoms with E-state index in [-0.39, 0.29) is 28.3 Å². The summed E-state index contributed by atoms with van der Waals surface area (Å²) in [5.74, 6) is -1.62. The Morgan fingerprint density at radius 3 is 1.52 bits per heavy atom. The molecule has 0 unspecified atom stereocenters. The van der Waals surface area contributed by atoms with Crippen molar-refractivity contribution in [3.63, 3.8) is 0 Å². The standard InChI is InChI=1S/C10H12FNO4.C10H13NO4/c1-14-6-4-5(12)8(11)9(15-2)7(6)10(13)16-3;1-13-7-4-6(11)5-8(14-2)9(7)10(12)15-3/h4H,12H2,1-3H3;4-5H,11H2,1-3H3. The highest BCUT2D eigenvalue weighted by Gasteiger charge is 2.25. The highest BCUT2D eigenvalue weighted by molar-refractivity contribution is 5.97. The van der Waals surface area contributed by atoms with Crippen LogP contribution in [0.4, 0.5) is 15.8 Å². The fourth-order valence-corrected chi connectivity index (χ4v) is 2.51. The summed E-state index contributed by atoms with van der Waals surface area (Å²) < 4.78 is 42.5. The second-order valence-electron chi connectivity index (χ2n) is 5.67. The Morgan fingerprint density at radius 1 is 0.710 bits per heavy atom. The number of esters is 2. The third-order valence-electron chi connectivity index (χ3n) is 3.94. The smallest absolute Gasteiger partial charge is 0.345 e. The molecule has 2 rings (SSSR count). The van der Waals surface area contributed by atoms with E-state index in [9.17, 15) is 14.0 Å². The molecule has 0 radical (unpaired) electrons. The Labute approximate surface area is 178 Å². The van der Waals surface area contributed by atoms with Gasteiger partial charge >= 0.3 is 11.9 Å². The first-order valence-electron chi connectivity index (χ1n) is 8.58. The Hall–Kier alpha value is -3.89. The number of carbonyl (C=O) groups excluding carboxylic acids is 2. The van der Waals surface area contributed by atoms with Crippen LogP contribution in [0.5, 0.6) is 23.0 Å². The Bertz CT molecular complexity index is 924. The molecule has 4 N–H and O–H groups in total. The number of hydrogen-bond acceptors (Lipinski definition) is 10. The van der Waals surface area contributed by atoms with Crippen LogP contribution in [0.3, 0.4) is 0 Å². The number of hydrogen-bond donors (Lipinski definition) is 2. The molecular formula is C20H25FN2O8. The van der Waals surface area contributed by atoms with Crippen molar-refractivity contribution in [3.8, 4) is 23.0 Å². The lowest BCUT2D eigenvalue weighted by Crippen LogP contribution is -2.09. The van der Waals surface area contributed by atoms with Gasteiger partial charge in [0.15, 0.2) is 11.6 Å². The highest BCUT2D eigenvalue weighted by Crippen LogP contribution is 2.35. The molecule has 0 aliphatic carbocycles. The number of halogens is 1. The summed E-state index contributed by atoms with van der Waals surface area (Å²) in [5, 5.41) is 0. The van der Waals surface area contributed by atoms with Gasteiger partial charge in [-0.1, -0.05) is 0 Å². The van der Waals surface area contributed by atoms with E-state index < -0.39 is 17.8 Å². The van der Waals surface area contributed by atoms with E-state index in [0.29, 0.717) is 17.2 Å². The maximum absolute atomic E-state index is 13.6. The summed E-state index contributed by atoms with van der Waals surface area (Å²) >= 11 is 0. The van der Waals surface area contributed by atoms with Crippen LogP contribution in [0.25, 0.3) is 0 Å². The van der Waals surface area contributed by atoms with Crippen molar-refractivity contribution >= 4 is 23.3 Å². The number of rotatable bonds is 6. The monoisotopic (exact) mass is 440 g/mol. The number of methoxy groups -OCH3 is 6. The van der Waals surface area contributed by atoms with Crippen LogP contribution in [0.2, 0.25) is 0 Å². The lowest BCUT2D eigenvalue weighted by Gasteiger charge is -2.13. The second kappa shape index (κ2) is 11.3. The van der Waals surface area contributed by atoms with Crippen LogP contribution < -0.4 is 30.4 Å². The fraction of sp³-hybridized carbons (Fsp3) is 0.300. The maximum atomic E-state index is 13.6. The highest BCUT2D eigenvalue weighted by atomic mass is 19.1. The average Bonchev–Trinajstić information content (AvgIpc) is 2.78. The topological polar surface area (TPSA) is 142 Å². The minimum atomic E-state index is -0.816. The fourth-order valence-electron chi connectivity index (χ4n) is 2.51. The third kappa shape index (κ3) is 5.59. The molecule has 0 saturated carbocycles. The van der Waals surface area contributed by atoms with Crippen LogP contribution in [-0.2, 0) is 9.47 Å². The van der Waals surface area contributed by atoms with Gasteiger partial charge < -0.3 is 39.9 Å². The molecule has 0 saturated heterocycles. The molecule has 0 spiro atoms. The van der Waals surface area contributed by atoms with Crippen molar-refractivity contribution in [2.24, 2.45) is 0 Å². The molecule has 0 heterocycles. The molecule has 11 heteroatoms. The molecular weight excluding hydrogens is 415 g/mol. The Kier molecular flexibility index (Phi) is 9.19. The molecule has 31 heavy (non-hydrogen) atoms. The van der Waals surface area contributed by atoms with Gasteiger partial charge in [0.05, 0.1) is 48.3 Å². The molecule has 0 bridgehead atoms. The summed E-state index contributed by atoms with van der Waals surface area (Å²) in [6.07, 6.45) is 0. The molecule has 0 atom stereocenters. The van der Waals surface area contributed by atoms with Gasteiger partial charge in [-0.25, -0.2) is 14.0 Å². The quantitative estimate of drug-likeness (QED) is 0.507. The van der Waals surface area contributed by atoms with Crippen LogP contribution in [-0.4, -0.2) is 54.6 Å². The maximum Gasteiger partial charge on any atom is 0.345 e. The zero-order valence-corrected chi connectivity index (χ0v) is 18.0. The van der Waals surface area contributed by atoms with Crippen molar-refractivity contribution < 1.29 is 42.4 Å². The van der Waals surface area contributed by atoms with Crippen molar-refractivity contribution in [1.82, 2.24) is 0 Å². The van der Waals surface area contributed by atoms with E-state index in [1.54, 1.807) is 0 Å². The summed E-state index contributed by atoms with van der Waals surface area (Å²) in [5.41, 5.74) is 11.4. The number of nitrogen functional groups attached to an aromatic ring is 2. The van der Waals surface area contributed by atoms with Gasteiger partial charge in [0.25, 0.3) is 0 Å². The summed E-state index contributed by atoms with van der Waals surface area (Å²) in [6.45, 7) is 0. The first kappa shape index (κ1) is 25.1. The third-order valence-corrected chi connectivity index (χ3v) is 3.94. The zero-order chi connectivity index (χ0) is 23.7. The van der Waals surface area contributed by atoms with Crippen molar-refractivity contribution in [1.29, 1.82) is 0 Å². The van der Waals surface area contributed by atoms with E-state index >= 15 is 0 Å². The molecule has 0 amide bonds. The van der Waals surface area contributed by atoms with Crippen LogP contribution in [0, 0.1) is 5.82 Å². The predicted octanol–water partition coefficient (Wildman–Crippen LogP) is 2.28. The Morgan fingerprint density at radius 2 is 1.13 bits per heavy atom. The average molecular weight is 440 g/mol. The zero-order valence-electron chi connectivity index (χ0n) is 18.0. The van der Waals surface area contributed by atoms with Gasteiger partial charge in [0, 0.05) is 23.9 Å². The van der Waals surface area contributed by atoms with Crippen LogP contribution >= 0.6 is 0 Å². The van der Waals surface area contributed by atoms with Gasteiger partial charge in [-0.05, 0) is 0 Å². The van der Waals surface area contributed by atoms with Gasteiger partial charge in [-0.3, -0.25) is 0 Å². The first-order valence-corrected chi connectivity index (χ1v) is 8.58. The summed E-state index contributed by atoms with van der Waals surface area (Å²) in [7, 11) is 7.91. The molecule has 2 aromatic carbocycles. The van der Waals surface area contributed by atoms with E-state index in [0.717, 1.165) is 0 Å². The normalized spacial score (nSPS) is 9.65. The Balaban J connectivity index is 0.000000311. The minimum Gasteiger partial charge on any atom is -0.496 e. The lowest BCUT2D eigenvalue weighted by atomic mass is 10.1. The van der Waals surface area contributed by atoms with E-state index in [1.807, 2.05) is 0 Å². The van der Waals surface area contributed by atoms with Crippen LogP contribution in [0.1, 0.15) is 20.7 Å². The number of benzene rings is 2. The minimum absolute atomic E-state index is 0.0996. The molecule has 0 aliphatic rings. The van der Waals surface area contributed by atoms with E-state index in [4.69, 9.17) is 30.4 Å². The van der Waals surface area contributed by atoms with E-state index in [1.165, 1.54) is 60.9 Å². The van der Waals surface area contributed by atoms with E-state index in [2.05, 4.69) is 9.47 Å². The lowest BCUT2D eigenvalue weighted by molar-refractivity contribution is 0.0583. The van der Waals surface area contributed by atoms with Gasteiger partial charge in [-0.15, -0.1) is 0 Å². The first-order chi connectivity index (χ1) is 14.7. The number of ether oxygens (including phenoxy) is 6. The number of nitrogens with two attached hydrogens (primary N) is 2. The van der Waals surface area contributed by atoms with Crippen molar-refractivity contribution in [2.45, 2.75) is 0 Å². The SMILES string of the molecule is COC(=O)c1c(OC)cc(N)c(F)c1OC.COC(=O)c1c(OC)cc(N)cc1OC. The van der Waals surface area contributed by atoms with Gasteiger partial charge in [0.1, 0.15) is 28.4 Å². The van der Waals surface area contributed by atoms with Crippen molar-refractivity contribution in [2.75, 3.05) is 54.1 Å². The molecule has 2 aromatic rings. The molecule has 10 nitrogen and oxygen atoms in total. The largest absolute Gasteiger partial charge is 0.496 e. The second-order valence-corrected chi connectivity index (χ2v) is 5.67. The summed E-state index contributed by atoms with van der Waals surface area (Å²) in [6, 6.07) is 4.27. The number of anilines is 2. The summed E-state index contributed by atoms with van der Waals surface area (Å²) in [4.78, 5) is 22.9. The van der Waals surface area contributed by atoms with Gasteiger partial charge in [0.2, 0.25) is 0 Å². The van der Waals surface area contributed by atoms with Crippen molar-refractivity contribution in [3.05, 3.63) is 35.1 Å². The molecule has 0 aliphatic heterocycles. The number of carbonyl (C=O) groups is 2. The predicted molar refractivity (Wildman–Crippen MR) is 111 cm³/mol. The van der Waals surface area contributed by atoms with Crippen LogP contribution in [0.15, 0.2) is 18.2 Å². The molecule has 0 aromatic heterocycles. The molecule has 170 valence electrons.